The van der Waals surface area contributed by atoms with Gasteiger partial charge in [-0.2, -0.15) is 0 Å². The van der Waals surface area contributed by atoms with Gasteiger partial charge < -0.3 is 0 Å². The van der Waals surface area contributed by atoms with E-state index >= 15 is 0 Å². The second-order valence-corrected chi connectivity index (χ2v) is 12.6. The molecule has 0 amide bonds. The smallest absolute Gasteiger partial charge is 0.185 e. The SMILES string of the molecule is C=C(C)c1ccc(CCCCCCCCCCCCCCCCCCc2ccc(/C=C/C(=O)c3ccc(F)cc3)cc2)cc1. The van der Waals surface area contributed by atoms with Gasteiger partial charge in [-0.25, -0.2) is 4.39 Å². The normalized spacial score (nSPS) is 11.3. The molecule has 0 atom stereocenters. The van der Waals surface area contributed by atoms with Crippen molar-refractivity contribution in [1.82, 2.24) is 0 Å². The summed E-state index contributed by atoms with van der Waals surface area (Å²) in [7, 11) is 0. The molecule has 0 N–H and O–H groups in total. The maximum Gasteiger partial charge on any atom is 0.185 e. The van der Waals surface area contributed by atoms with Crippen LogP contribution in [0.3, 0.4) is 0 Å². The number of aryl methyl sites for hydroxylation is 2. The highest BCUT2D eigenvalue weighted by Gasteiger charge is 2.02. The van der Waals surface area contributed by atoms with Crippen molar-refractivity contribution in [3.05, 3.63) is 119 Å². The standard InChI is InChI=1S/C42H55FO/c1-35(2)39-28-25-37(26-29-39)20-18-16-14-12-10-8-6-4-3-5-7-9-11-13-15-17-19-36-21-23-38(24-22-36)27-34-42(44)40-30-32-41(43)33-31-40/h21-34H,1,3-20H2,2H3/b34-27+. The molecule has 44 heavy (non-hydrogen) atoms. The number of hydrogen-bond donors (Lipinski definition) is 0. The molecule has 0 saturated carbocycles. The van der Waals surface area contributed by atoms with Gasteiger partial charge in [0.25, 0.3) is 0 Å². The molecule has 2 heteroatoms. The average Bonchev–Trinajstić information content (AvgIpc) is 3.04. The summed E-state index contributed by atoms with van der Waals surface area (Å²) in [4.78, 5) is 12.2. The highest BCUT2D eigenvalue weighted by Crippen LogP contribution is 2.17. The van der Waals surface area contributed by atoms with Crippen molar-refractivity contribution >= 4 is 17.4 Å². The largest absolute Gasteiger partial charge is 0.289 e. The van der Waals surface area contributed by atoms with Crippen LogP contribution in [0.5, 0.6) is 0 Å². The molecule has 3 aromatic rings. The number of rotatable bonds is 23. The van der Waals surface area contributed by atoms with Crippen molar-refractivity contribution in [3.8, 4) is 0 Å². The molecule has 0 bridgehead atoms. The third-order valence-corrected chi connectivity index (χ3v) is 8.66. The summed E-state index contributed by atoms with van der Waals surface area (Å²) >= 11 is 0. The molecular formula is C42H55FO. The quantitative estimate of drug-likeness (QED) is 0.0606. The number of unbranched alkanes of at least 4 members (excludes halogenated alkanes) is 15. The average molecular weight is 595 g/mol. The van der Waals surface area contributed by atoms with Crippen molar-refractivity contribution in [1.29, 1.82) is 0 Å². The van der Waals surface area contributed by atoms with Gasteiger partial charge in [-0.05, 0) is 85.2 Å². The van der Waals surface area contributed by atoms with Crippen LogP contribution in [-0.4, -0.2) is 5.78 Å². The molecule has 0 fully saturated rings. The van der Waals surface area contributed by atoms with Gasteiger partial charge in [0.15, 0.2) is 5.78 Å². The highest BCUT2D eigenvalue weighted by atomic mass is 19.1. The van der Waals surface area contributed by atoms with E-state index in [1.807, 2.05) is 6.08 Å². The molecular weight excluding hydrogens is 539 g/mol. The van der Waals surface area contributed by atoms with Gasteiger partial charge in [-0.15, -0.1) is 0 Å². The van der Waals surface area contributed by atoms with E-state index < -0.39 is 0 Å². The Balaban J connectivity index is 1.07. The zero-order valence-electron chi connectivity index (χ0n) is 27.3. The van der Waals surface area contributed by atoms with E-state index in [-0.39, 0.29) is 11.6 Å². The monoisotopic (exact) mass is 594 g/mol. The lowest BCUT2D eigenvalue weighted by Crippen LogP contribution is -1.93. The zero-order valence-corrected chi connectivity index (χ0v) is 27.3. The first-order chi connectivity index (χ1) is 21.5. The fourth-order valence-corrected chi connectivity index (χ4v) is 5.77. The van der Waals surface area contributed by atoms with Crippen LogP contribution >= 0.6 is 0 Å². The summed E-state index contributed by atoms with van der Waals surface area (Å²) in [6.07, 6.45) is 27.7. The fraction of sp³-hybridized carbons (Fsp3) is 0.452. The highest BCUT2D eigenvalue weighted by molar-refractivity contribution is 6.06. The molecule has 0 radical (unpaired) electrons. The van der Waals surface area contributed by atoms with E-state index in [0.29, 0.717) is 5.56 Å². The maximum atomic E-state index is 13.0. The van der Waals surface area contributed by atoms with Crippen LogP contribution < -0.4 is 0 Å². The van der Waals surface area contributed by atoms with Crippen LogP contribution in [0.15, 0.2) is 85.5 Å². The summed E-state index contributed by atoms with van der Waals surface area (Å²) < 4.78 is 13.0. The van der Waals surface area contributed by atoms with E-state index in [0.717, 1.165) is 17.6 Å². The minimum absolute atomic E-state index is 0.112. The summed E-state index contributed by atoms with van der Waals surface area (Å²) in [6.45, 7) is 6.08. The molecule has 236 valence electrons. The molecule has 0 aliphatic heterocycles. The second-order valence-electron chi connectivity index (χ2n) is 12.6. The fourth-order valence-electron chi connectivity index (χ4n) is 5.77. The van der Waals surface area contributed by atoms with Gasteiger partial charge in [0.05, 0.1) is 0 Å². The molecule has 0 aliphatic carbocycles. The lowest BCUT2D eigenvalue weighted by atomic mass is 10.0. The zero-order chi connectivity index (χ0) is 31.2. The van der Waals surface area contributed by atoms with E-state index in [2.05, 4.69) is 62.0 Å². The van der Waals surface area contributed by atoms with Gasteiger partial charge in [-0.1, -0.05) is 157 Å². The van der Waals surface area contributed by atoms with E-state index in [9.17, 15) is 9.18 Å². The van der Waals surface area contributed by atoms with Crippen molar-refractivity contribution in [2.75, 3.05) is 0 Å². The summed E-state index contributed by atoms with van der Waals surface area (Å²) in [6, 6.07) is 23.1. The molecule has 3 rings (SSSR count). The Morgan fingerprint density at radius 3 is 1.32 bits per heavy atom. The molecule has 0 saturated heterocycles. The number of benzene rings is 3. The first-order valence-corrected chi connectivity index (χ1v) is 17.3. The minimum Gasteiger partial charge on any atom is -0.289 e. The first-order valence-electron chi connectivity index (χ1n) is 17.3. The third-order valence-electron chi connectivity index (χ3n) is 8.66. The van der Waals surface area contributed by atoms with Crippen LogP contribution in [0.2, 0.25) is 0 Å². The molecule has 0 aromatic heterocycles. The topological polar surface area (TPSA) is 17.1 Å². The number of carbonyl (C=O) groups is 1. The van der Waals surface area contributed by atoms with Crippen molar-refractivity contribution in [2.24, 2.45) is 0 Å². The molecule has 0 unspecified atom stereocenters. The summed E-state index contributed by atoms with van der Waals surface area (Å²) in [5.41, 5.74) is 6.72. The van der Waals surface area contributed by atoms with Gasteiger partial charge in [-0.3, -0.25) is 4.79 Å². The Bertz CT molecular complexity index is 1230. The van der Waals surface area contributed by atoms with Crippen LogP contribution in [0, 0.1) is 5.82 Å². The molecule has 0 aliphatic rings. The van der Waals surface area contributed by atoms with Crippen LogP contribution in [0.4, 0.5) is 4.39 Å². The Hall–Kier alpha value is -3.26. The Labute approximate surface area is 267 Å². The van der Waals surface area contributed by atoms with Crippen molar-refractivity contribution in [2.45, 2.75) is 122 Å². The van der Waals surface area contributed by atoms with Gasteiger partial charge in [0.1, 0.15) is 5.82 Å². The second kappa shape index (κ2) is 21.4. The first kappa shape index (κ1) is 35.2. The van der Waals surface area contributed by atoms with Gasteiger partial charge >= 0.3 is 0 Å². The Morgan fingerprint density at radius 2 is 0.909 bits per heavy atom. The van der Waals surface area contributed by atoms with Crippen LogP contribution in [0.1, 0.15) is 142 Å². The predicted molar refractivity (Wildman–Crippen MR) is 189 cm³/mol. The molecule has 0 spiro atoms. The van der Waals surface area contributed by atoms with Gasteiger partial charge in [0.2, 0.25) is 0 Å². The number of halogens is 1. The number of carbonyl (C=O) groups excluding carboxylic acids is 1. The van der Waals surface area contributed by atoms with Crippen molar-refractivity contribution in [3.63, 3.8) is 0 Å². The van der Waals surface area contributed by atoms with Crippen LogP contribution in [-0.2, 0) is 12.8 Å². The summed E-state index contributed by atoms with van der Waals surface area (Å²) in [5.74, 6) is -0.442. The molecule has 0 heterocycles. The maximum absolute atomic E-state index is 13.0. The lowest BCUT2D eigenvalue weighted by Gasteiger charge is -2.05. The van der Waals surface area contributed by atoms with E-state index in [1.54, 1.807) is 6.08 Å². The minimum atomic E-state index is -0.330. The van der Waals surface area contributed by atoms with Crippen molar-refractivity contribution < 1.29 is 9.18 Å². The third kappa shape index (κ3) is 15.0. The summed E-state index contributed by atoms with van der Waals surface area (Å²) in [5, 5.41) is 0. The Kier molecular flexibility index (Phi) is 17.2. The predicted octanol–water partition coefficient (Wildman–Crippen LogP) is 12.8. The molecule has 3 aromatic carbocycles. The number of hydrogen-bond acceptors (Lipinski definition) is 1. The number of ketones is 1. The lowest BCUT2D eigenvalue weighted by molar-refractivity contribution is 0.104. The number of allylic oxidation sites excluding steroid dienone is 2. The van der Waals surface area contributed by atoms with E-state index in [4.69, 9.17) is 0 Å². The van der Waals surface area contributed by atoms with E-state index in [1.165, 1.54) is 150 Å². The molecule has 1 nitrogen and oxygen atoms in total. The Morgan fingerprint density at radius 1 is 0.545 bits per heavy atom. The van der Waals surface area contributed by atoms with Gasteiger partial charge in [0, 0.05) is 5.56 Å². The van der Waals surface area contributed by atoms with Crippen LogP contribution in [0.25, 0.3) is 11.6 Å².